The largest absolute Gasteiger partial charge is 0.349 e. The van der Waals surface area contributed by atoms with E-state index in [4.69, 9.17) is 11.6 Å². The summed E-state index contributed by atoms with van der Waals surface area (Å²) >= 11 is 7.41. The molecule has 6 nitrogen and oxygen atoms in total. The van der Waals surface area contributed by atoms with Gasteiger partial charge >= 0.3 is 0 Å². The van der Waals surface area contributed by atoms with Crippen LogP contribution in [0.3, 0.4) is 0 Å². The summed E-state index contributed by atoms with van der Waals surface area (Å²) < 4.78 is 28.0. The maximum atomic E-state index is 12.7. The van der Waals surface area contributed by atoms with E-state index >= 15 is 0 Å². The molecule has 1 aliphatic rings. The maximum Gasteiger partial charge on any atom is 0.243 e. The van der Waals surface area contributed by atoms with Crippen LogP contribution in [0.5, 0.6) is 0 Å². The predicted octanol–water partition coefficient (Wildman–Crippen LogP) is 3.67. The highest BCUT2D eigenvalue weighted by Gasteiger charge is 2.32. The monoisotopic (exact) mass is 449 g/mol. The second-order valence-corrected chi connectivity index (χ2v) is 10.4. The van der Waals surface area contributed by atoms with E-state index < -0.39 is 10.0 Å². The van der Waals surface area contributed by atoms with Gasteiger partial charge in [0.15, 0.2) is 0 Å². The van der Waals surface area contributed by atoms with Crippen molar-refractivity contribution in [3.8, 4) is 0 Å². The molecule has 2 heterocycles. The number of amides is 1. The lowest BCUT2D eigenvalue weighted by molar-refractivity contribution is -0.126. The zero-order chi connectivity index (χ0) is 20.4. The van der Waals surface area contributed by atoms with Crippen LogP contribution >= 0.6 is 22.9 Å². The number of hydrogen-bond donors (Lipinski definition) is 1. The van der Waals surface area contributed by atoms with Gasteiger partial charge in [-0.3, -0.25) is 4.79 Å². The molecule has 0 radical (unpaired) electrons. The number of piperidine rings is 1. The summed E-state index contributed by atoms with van der Waals surface area (Å²) in [5.41, 5.74) is 0.933. The van der Waals surface area contributed by atoms with E-state index in [2.05, 4.69) is 10.3 Å². The fraction of sp³-hybridized carbons (Fsp3) is 0.300. The zero-order valence-corrected chi connectivity index (χ0v) is 17.9. The number of hydrogen-bond acceptors (Lipinski definition) is 5. The van der Waals surface area contributed by atoms with Crippen LogP contribution in [0.25, 0.3) is 10.2 Å². The minimum Gasteiger partial charge on any atom is -0.349 e. The van der Waals surface area contributed by atoms with Gasteiger partial charge < -0.3 is 5.32 Å². The lowest BCUT2D eigenvalue weighted by Crippen LogP contribution is -2.42. The van der Waals surface area contributed by atoms with E-state index in [0.29, 0.717) is 37.5 Å². The molecule has 2 aromatic carbocycles. The summed E-state index contributed by atoms with van der Waals surface area (Å²) in [7, 11) is -3.56. The van der Waals surface area contributed by atoms with Crippen molar-refractivity contribution in [3.63, 3.8) is 0 Å². The molecule has 4 rings (SSSR count). The third kappa shape index (κ3) is 4.45. The minimum atomic E-state index is -3.56. The molecular formula is C20H20ClN3O3S2. The topological polar surface area (TPSA) is 79.4 Å². The third-order valence-corrected chi connectivity index (χ3v) is 8.23. The van der Waals surface area contributed by atoms with Crippen molar-refractivity contribution in [1.82, 2.24) is 14.6 Å². The fourth-order valence-electron chi connectivity index (χ4n) is 3.42. The van der Waals surface area contributed by atoms with Crippen molar-refractivity contribution in [2.24, 2.45) is 5.92 Å². The molecule has 1 N–H and O–H groups in total. The SMILES string of the molecule is O=C(NCc1nc2ccccc2s1)C1CCN(S(=O)(=O)c2ccc(Cl)cc2)CC1. The molecular weight excluding hydrogens is 430 g/mol. The molecule has 1 amide bonds. The third-order valence-electron chi connectivity index (χ3n) is 5.03. The van der Waals surface area contributed by atoms with Gasteiger partial charge in [-0.2, -0.15) is 4.31 Å². The first-order chi connectivity index (χ1) is 13.9. The Bertz CT molecular complexity index is 1090. The summed E-state index contributed by atoms with van der Waals surface area (Å²) in [6.45, 7) is 1.04. The molecule has 0 bridgehead atoms. The van der Waals surface area contributed by atoms with Crippen LogP contribution in [0.15, 0.2) is 53.4 Å². The Morgan fingerprint density at radius 2 is 1.83 bits per heavy atom. The number of aromatic nitrogens is 1. The molecule has 0 atom stereocenters. The Hall–Kier alpha value is -2.00. The summed E-state index contributed by atoms with van der Waals surface area (Å²) in [6.07, 6.45) is 0.997. The number of carbonyl (C=O) groups excluding carboxylic acids is 1. The van der Waals surface area contributed by atoms with Gasteiger partial charge in [0, 0.05) is 24.0 Å². The van der Waals surface area contributed by atoms with Crippen molar-refractivity contribution in [1.29, 1.82) is 0 Å². The van der Waals surface area contributed by atoms with Gasteiger partial charge in [0.2, 0.25) is 15.9 Å². The van der Waals surface area contributed by atoms with Crippen LogP contribution in [0.1, 0.15) is 17.8 Å². The first-order valence-corrected chi connectivity index (χ1v) is 11.9. The summed E-state index contributed by atoms with van der Waals surface area (Å²) in [5, 5.41) is 4.30. The average Bonchev–Trinajstić information content (AvgIpc) is 3.15. The van der Waals surface area contributed by atoms with Crippen LogP contribution in [-0.2, 0) is 21.4 Å². The molecule has 1 aliphatic heterocycles. The highest BCUT2D eigenvalue weighted by Crippen LogP contribution is 2.25. The normalized spacial score (nSPS) is 16.2. The fourth-order valence-corrected chi connectivity index (χ4v) is 5.92. The van der Waals surface area contributed by atoms with E-state index in [0.717, 1.165) is 15.2 Å². The van der Waals surface area contributed by atoms with Gasteiger partial charge in [-0.15, -0.1) is 11.3 Å². The minimum absolute atomic E-state index is 0.0483. The number of para-hydroxylation sites is 1. The smallest absolute Gasteiger partial charge is 0.243 e. The maximum absolute atomic E-state index is 12.7. The lowest BCUT2D eigenvalue weighted by atomic mass is 9.97. The number of fused-ring (bicyclic) bond motifs is 1. The predicted molar refractivity (Wildman–Crippen MR) is 114 cm³/mol. The van der Waals surface area contributed by atoms with Gasteiger partial charge in [-0.05, 0) is 49.2 Å². The number of benzene rings is 2. The summed E-state index contributed by atoms with van der Waals surface area (Å²) in [6, 6.07) is 14.0. The Labute approximate surface area is 178 Å². The number of carbonyl (C=O) groups is 1. The van der Waals surface area contributed by atoms with Crippen molar-refractivity contribution in [3.05, 3.63) is 58.6 Å². The summed E-state index contributed by atoms with van der Waals surface area (Å²) in [5.74, 6) is -0.242. The van der Waals surface area contributed by atoms with E-state index in [1.807, 2.05) is 24.3 Å². The van der Waals surface area contributed by atoms with E-state index in [9.17, 15) is 13.2 Å². The van der Waals surface area contributed by atoms with E-state index in [1.165, 1.54) is 16.4 Å². The Morgan fingerprint density at radius 3 is 2.52 bits per heavy atom. The molecule has 1 saturated heterocycles. The van der Waals surface area contributed by atoms with Gasteiger partial charge in [-0.1, -0.05) is 23.7 Å². The van der Waals surface area contributed by atoms with Crippen LogP contribution in [0.2, 0.25) is 5.02 Å². The van der Waals surface area contributed by atoms with Gasteiger partial charge in [-0.25, -0.2) is 13.4 Å². The van der Waals surface area contributed by atoms with Crippen LogP contribution in [0, 0.1) is 5.92 Å². The first-order valence-electron chi connectivity index (χ1n) is 9.31. The second-order valence-electron chi connectivity index (χ2n) is 6.93. The van der Waals surface area contributed by atoms with Gasteiger partial charge in [0.05, 0.1) is 21.7 Å². The van der Waals surface area contributed by atoms with Crippen molar-refractivity contribution < 1.29 is 13.2 Å². The first kappa shape index (κ1) is 20.3. The molecule has 0 unspecified atom stereocenters. The molecule has 1 fully saturated rings. The number of nitrogens with zero attached hydrogens (tertiary/aromatic N) is 2. The molecule has 152 valence electrons. The van der Waals surface area contributed by atoms with Gasteiger partial charge in [0.1, 0.15) is 5.01 Å². The molecule has 0 aliphatic carbocycles. The molecule has 0 spiro atoms. The molecule has 29 heavy (non-hydrogen) atoms. The van der Waals surface area contributed by atoms with E-state index in [1.54, 1.807) is 23.5 Å². The number of halogens is 1. The Kier molecular flexibility index (Phi) is 5.87. The van der Waals surface area contributed by atoms with Gasteiger partial charge in [0.25, 0.3) is 0 Å². The number of thiazole rings is 1. The summed E-state index contributed by atoms with van der Waals surface area (Å²) in [4.78, 5) is 17.3. The van der Waals surface area contributed by atoms with E-state index in [-0.39, 0.29) is 16.7 Å². The molecule has 0 saturated carbocycles. The van der Waals surface area contributed by atoms with Crippen molar-refractivity contribution in [2.75, 3.05) is 13.1 Å². The lowest BCUT2D eigenvalue weighted by Gasteiger charge is -2.30. The van der Waals surface area contributed by atoms with Crippen LogP contribution < -0.4 is 5.32 Å². The number of sulfonamides is 1. The van der Waals surface area contributed by atoms with Crippen LogP contribution in [0.4, 0.5) is 0 Å². The Balaban J connectivity index is 1.32. The molecule has 1 aromatic heterocycles. The number of rotatable bonds is 5. The quantitative estimate of drug-likeness (QED) is 0.644. The Morgan fingerprint density at radius 1 is 1.14 bits per heavy atom. The molecule has 9 heteroatoms. The standard InChI is InChI=1S/C20H20ClN3O3S2/c21-15-5-7-16(8-6-15)29(26,27)24-11-9-14(10-12-24)20(25)22-13-19-23-17-3-1-2-4-18(17)28-19/h1-8,14H,9-13H2,(H,22,25). The van der Waals surface area contributed by atoms with Crippen molar-refractivity contribution >= 4 is 49.1 Å². The second kappa shape index (κ2) is 8.39. The average molecular weight is 450 g/mol. The van der Waals surface area contributed by atoms with Crippen molar-refractivity contribution in [2.45, 2.75) is 24.3 Å². The molecule has 3 aromatic rings. The zero-order valence-electron chi connectivity index (χ0n) is 15.5. The number of nitrogens with one attached hydrogen (secondary N) is 1. The highest BCUT2D eigenvalue weighted by atomic mass is 35.5. The highest BCUT2D eigenvalue weighted by molar-refractivity contribution is 7.89. The van der Waals surface area contributed by atoms with Crippen LogP contribution in [-0.4, -0.2) is 36.7 Å².